The zero-order valence-electron chi connectivity index (χ0n) is 9.13. The third-order valence-corrected chi connectivity index (χ3v) is 2.48. The standard InChI is InChI=1S/C9H16F3N3O/c1-7(13)8(16)15-4-2-14(3-5-15)6-9(10,11)12/h7H,2-6,13H2,1H3. The van der Waals surface area contributed by atoms with Crippen LogP contribution in [0.25, 0.3) is 0 Å². The molecule has 0 spiro atoms. The molecule has 1 aliphatic heterocycles. The average molecular weight is 239 g/mol. The number of halogens is 3. The SMILES string of the molecule is CC(N)C(=O)N1CCN(CC(F)(F)F)CC1. The molecule has 1 atom stereocenters. The Balaban J connectivity index is 2.37. The number of alkyl halides is 3. The minimum Gasteiger partial charge on any atom is -0.339 e. The zero-order valence-corrected chi connectivity index (χ0v) is 9.13. The van der Waals surface area contributed by atoms with Crippen molar-refractivity contribution in [1.29, 1.82) is 0 Å². The van der Waals surface area contributed by atoms with Crippen LogP contribution >= 0.6 is 0 Å². The van der Waals surface area contributed by atoms with Gasteiger partial charge in [-0.05, 0) is 6.92 Å². The Labute approximate surface area is 92.2 Å². The van der Waals surface area contributed by atoms with Gasteiger partial charge in [-0.1, -0.05) is 0 Å². The van der Waals surface area contributed by atoms with E-state index in [1.54, 1.807) is 6.92 Å². The van der Waals surface area contributed by atoms with Crippen LogP contribution in [0, 0.1) is 0 Å². The van der Waals surface area contributed by atoms with Crippen molar-refractivity contribution in [2.45, 2.75) is 19.1 Å². The van der Waals surface area contributed by atoms with E-state index in [1.165, 1.54) is 9.80 Å². The number of rotatable bonds is 2. The summed E-state index contributed by atoms with van der Waals surface area (Å²) in [5.74, 6) is -0.202. The lowest BCUT2D eigenvalue weighted by Crippen LogP contribution is -2.53. The van der Waals surface area contributed by atoms with Crippen LogP contribution in [0.15, 0.2) is 0 Å². The Morgan fingerprint density at radius 2 is 1.81 bits per heavy atom. The van der Waals surface area contributed by atoms with Crippen molar-refractivity contribution < 1.29 is 18.0 Å². The van der Waals surface area contributed by atoms with E-state index in [0.717, 1.165) is 0 Å². The molecule has 0 aromatic heterocycles. The van der Waals surface area contributed by atoms with Crippen molar-refractivity contribution in [3.05, 3.63) is 0 Å². The number of nitrogens with two attached hydrogens (primary N) is 1. The molecule has 1 aliphatic rings. The predicted octanol–water partition coefficient (Wildman–Crippen LogP) is 0.0401. The third kappa shape index (κ3) is 3.97. The van der Waals surface area contributed by atoms with Crippen LogP contribution in [-0.2, 0) is 4.79 Å². The van der Waals surface area contributed by atoms with E-state index in [4.69, 9.17) is 5.73 Å². The largest absolute Gasteiger partial charge is 0.401 e. The average Bonchev–Trinajstić information content (AvgIpc) is 2.15. The van der Waals surface area contributed by atoms with Crippen LogP contribution in [-0.4, -0.2) is 60.6 Å². The summed E-state index contributed by atoms with van der Waals surface area (Å²) in [5, 5.41) is 0. The van der Waals surface area contributed by atoms with Crippen molar-refractivity contribution in [3.8, 4) is 0 Å². The molecule has 0 aromatic rings. The summed E-state index contributed by atoms with van der Waals surface area (Å²) < 4.78 is 36.2. The van der Waals surface area contributed by atoms with Crippen LogP contribution in [0.3, 0.4) is 0 Å². The van der Waals surface area contributed by atoms with Crippen LogP contribution in [0.5, 0.6) is 0 Å². The molecule has 0 radical (unpaired) electrons. The highest BCUT2D eigenvalue weighted by Gasteiger charge is 2.33. The van der Waals surface area contributed by atoms with Crippen molar-refractivity contribution in [3.63, 3.8) is 0 Å². The molecule has 0 aromatic carbocycles. The molecule has 0 aliphatic carbocycles. The number of carbonyl (C=O) groups is 1. The first-order valence-electron chi connectivity index (χ1n) is 5.13. The Morgan fingerprint density at radius 3 is 2.19 bits per heavy atom. The van der Waals surface area contributed by atoms with Crippen molar-refractivity contribution in [2.75, 3.05) is 32.7 Å². The Bertz CT molecular complexity index is 247. The maximum Gasteiger partial charge on any atom is 0.401 e. The summed E-state index contributed by atoms with van der Waals surface area (Å²) in [6.45, 7) is 1.79. The number of hydrogen-bond acceptors (Lipinski definition) is 3. The van der Waals surface area contributed by atoms with Crippen molar-refractivity contribution >= 4 is 5.91 Å². The quantitative estimate of drug-likeness (QED) is 0.740. The second-order valence-corrected chi connectivity index (χ2v) is 4.01. The fourth-order valence-electron chi connectivity index (χ4n) is 1.67. The molecule has 7 heteroatoms. The van der Waals surface area contributed by atoms with Gasteiger partial charge in [-0.25, -0.2) is 0 Å². The van der Waals surface area contributed by atoms with E-state index in [0.29, 0.717) is 13.1 Å². The molecule has 1 rings (SSSR count). The van der Waals surface area contributed by atoms with Gasteiger partial charge in [0.2, 0.25) is 5.91 Å². The van der Waals surface area contributed by atoms with Gasteiger partial charge in [0, 0.05) is 26.2 Å². The van der Waals surface area contributed by atoms with E-state index >= 15 is 0 Å². The molecular formula is C9H16F3N3O. The van der Waals surface area contributed by atoms with Gasteiger partial charge in [0.1, 0.15) is 0 Å². The van der Waals surface area contributed by atoms with E-state index in [2.05, 4.69) is 0 Å². The highest BCUT2D eigenvalue weighted by atomic mass is 19.4. The fraction of sp³-hybridized carbons (Fsp3) is 0.889. The zero-order chi connectivity index (χ0) is 12.3. The lowest BCUT2D eigenvalue weighted by atomic mass is 10.2. The lowest BCUT2D eigenvalue weighted by molar-refractivity contribution is -0.152. The summed E-state index contributed by atoms with van der Waals surface area (Å²) in [5.41, 5.74) is 5.42. The number of carbonyl (C=O) groups excluding carboxylic acids is 1. The van der Waals surface area contributed by atoms with Crippen LogP contribution in [0.1, 0.15) is 6.92 Å². The number of nitrogens with zero attached hydrogens (tertiary/aromatic N) is 2. The Hall–Kier alpha value is -0.820. The first kappa shape index (κ1) is 13.2. The number of amides is 1. The minimum absolute atomic E-state index is 0.202. The summed E-state index contributed by atoms with van der Waals surface area (Å²) in [7, 11) is 0. The molecule has 1 amide bonds. The molecule has 1 saturated heterocycles. The number of piperazine rings is 1. The highest BCUT2D eigenvalue weighted by molar-refractivity contribution is 5.81. The molecule has 1 unspecified atom stereocenters. The van der Waals surface area contributed by atoms with Gasteiger partial charge in [-0.3, -0.25) is 9.69 Å². The minimum atomic E-state index is -4.17. The third-order valence-electron chi connectivity index (χ3n) is 2.48. The normalized spacial score (nSPS) is 20.9. The van der Waals surface area contributed by atoms with Crippen LogP contribution in [0.2, 0.25) is 0 Å². The van der Waals surface area contributed by atoms with Crippen molar-refractivity contribution in [2.24, 2.45) is 5.73 Å². The topological polar surface area (TPSA) is 49.6 Å². The van der Waals surface area contributed by atoms with Gasteiger partial charge in [0.15, 0.2) is 0 Å². The van der Waals surface area contributed by atoms with Gasteiger partial charge in [-0.15, -0.1) is 0 Å². The molecule has 94 valence electrons. The van der Waals surface area contributed by atoms with Gasteiger partial charge < -0.3 is 10.6 Å². The predicted molar refractivity (Wildman–Crippen MR) is 52.7 cm³/mol. The molecule has 16 heavy (non-hydrogen) atoms. The molecule has 0 saturated carbocycles. The van der Waals surface area contributed by atoms with Gasteiger partial charge in [-0.2, -0.15) is 13.2 Å². The molecule has 2 N–H and O–H groups in total. The summed E-state index contributed by atoms with van der Waals surface area (Å²) in [4.78, 5) is 14.3. The maximum atomic E-state index is 12.1. The second kappa shape index (κ2) is 5.01. The first-order chi connectivity index (χ1) is 7.29. The lowest BCUT2D eigenvalue weighted by Gasteiger charge is -2.35. The van der Waals surface area contributed by atoms with E-state index < -0.39 is 18.8 Å². The number of hydrogen-bond donors (Lipinski definition) is 1. The van der Waals surface area contributed by atoms with Crippen molar-refractivity contribution in [1.82, 2.24) is 9.80 Å². The molecular weight excluding hydrogens is 223 g/mol. The highest BCUT2D eigenvalue weighted by Crippen LogP contribution is 2.17. The molecule has 1 fully saturated rings. The first-order valence-corrected chi connectivity index (χ1v) is 5.13. The van der Waals surface area contributed by atoms with Gasteiger partial charge in [0.25, 0.3) is 0 Å². The summed E-state index contributed by atoms with van der Waals surface area (Å²) >= 11 is 0. The molecule has 4 nitrogen and oxygen atoms in total. The van der Waals surface area contributed by atoms with Gasteiger partial charge >= 0.3 is 6.18 Å². The van der Waals surface area contributed by atoms with Crippen LogP contribution < -0.4 is 5.73 Å². The molecule has 0 bridgehead atoms. The second-order valence-electron chi connectivity index (χ2n) is 4.01. The van der Waals surface area contributed by atoms with Crippen LogP contribution in [0.4, 0.5) is 13.2 Å². The summed E-state index contributed by atoms with van der Waals surface area (Å²) in [6, 6.07) is -0.589. The molecule has 1 heterocycles. The van der Waals surface area contributed by atoms with E-state index in [-0.39, 0.29) is 19.0 Å². The van der Waals surface area contributed by atoms with Gasteiger partial charge in [0.05, 0.1) is 12.6 Å². The Kier molecular flexibility index (Phi) is 4.15. The smallest absolute Gasteiger partial charge is 0.339 e. The monoisotopic (exact) mass is 239 g/mol. The fourth-order valence-corrected chi connectivity index (χ4v) is 1.67. The summed E-state index contributed by atoms with van der Waals surface area (Å²) in [6.07, 6.45) is -4.17. The van der Waals surface area contributed by atoms with E-state index in [9.17, 15) is 18.0 Å². The van der Waals surface area contributed by atoms with E-state index in [1.807, 2.05) is 0 Å². The Morgan fingerprint density at radius 1 is 1.31 bits per heavy atom. The maximum absolute atomic E-state index is 12.1.